The Morgan fingerprint density at radius 1 is 1.22 bits per heavy atom. The second-order valence-electron chi connectivity index (χ2n) is 6.61. The van der Waals surface area contributed by atoms with Gasteiger partial charge in [0.05, 0.1) is 5.92 Å². The fourth-order valence-corrected chi connectivity index (χ4v) is 3.23. The summed E-state index contributed by atoms with van der Waals surface area (Å²) >= 11 is 0. The molecule has 1 aromatic carbocycles. The van der Waals surface area contributed by atoms with Crippen molar-refractivity contribution >= 4 is 11.9 Å². The third-order valence-electron chi connectivity index (χ3n) is 4.68. The zero-order valence-corrected chi connectivity index (χ0v) is 15.1. The Morgan fingerprint density at radius 3 is 2.67 bits per heavy atom. The minimum Gasteiger partial charge on any atom is -0.449 e. The molecular formula is C22H22N2O3. The van der Waals surface area contributed by atoms with Gasteiger partial charge in [-0.25, -0.2) is 0 Å². The number of piperidine rings is 1. The molecule has 0 spiro atoms. The molecule has 0 radical (unpaired) electrons. The lowest BCUT2D eigenvalue weighted by Crippen LogP contribution is -2.43. The number of likely N-dealkylation sites (tertiary alicyclic amines) is 1. The van der Waals surface area contributed by atoms with Gasteiger partial charge in [0, 0.05) is 37.5 Å². The number of terminal acetylenes is 1. The molecule has 1 aromatic heterocycles. The van der Waals surface area contributed by atoms with E-state index in [0.717, 1.165) is 12.0 Å². The van der Waals surface area contributed by atoms with E-state index in [4.69, 9.17) is 11.2 Å². The van der Waals surface area contributed by atoms with Crippen LogP contribution in [0, 0.1) is 18.3 Å². The molecule has 1 saturated heterocycles. The van der Waals surface area contributed by atoms with Crippen LogP contribution in [0.3, 0.4) is 0 Å². The van der Waals surface area contributed by atoms with E-state index in [2.05, 4.69) is 10.9 Å². The van der Waals surface area contributed by atoms with Gasteiger partial charge in [0.2, 0.25) is 0 Å². The van der Waals surface area contributed by atoms with Crippen LogP contribution in [0.1, 0.15) is 28.8 Å². The minimum atomic E-state index is -0.605. The zero-order chi connectivity index (χ0) is 19.1. The number of aromatic nitrogens is 1. The summed E-state index contributed by atoms with van der Waals surface area (Å²) in [5.74, 6) is 1.78. The predicted molar refractivity (Wildman–Crippen MR) is 102 cm³/mol. The van der Waals surface area contributed by atoms with Crippen molar-refractivity contribution in [3.8, 4) is 12.3 Å². The smallest absolute Gasteiger partial charge is 0.311 e. The first-order valence-corrected chi connectivity index (χ1v) is 9.07. The first-order valence-electron chi connectivity index (χ1n) is 9.07. The van der Waals surface area contributed by atoms with E-state index in [1.165, 1.54) is 0 Å². The van der Waals surface area contributed by atoms with Crippen LogP contribution in [-0.2, 0) is 16.0 Å². The predicted octanol–water partition coefficient (Wildman–Crippen LogP) is 2.72. The topological polar surface area (TPSA) is 59.5 Å². The molecule has 5 nitrogen and oxygen atoms in total. The Kier molecular flexibility index (Phi) is 6.22. The quantitative estimate of drug-likeness (QED) is 0.606. The number of nitrogens with zero attached hydrogens (tertiary/aromatic N) is 2. The van der Waals surface area contributed by atoms with E-state index in [0.29, 0.717) is 31.5 Å². The van der Waals surface area contributed by atoms with Gasteiger partial charge in [-0.3, -0.25) is 14.6 Å². The molecule has 1 fully saturated rings. The lowest BCUT2D eigenvalue weighted by Gasteiger charge is -2.32. The van der Waals surface area contributed by atoms with Crippen LogP contribution in [0.5, 0.6) is 0 Å². The molecule has 0 saturated carbocycles. The van der Waals surface area contributed by atoms with E-state index in [9.17, 15) is 9.59 Å². The van der Waals surface area contributed by atoms with Crippen molar-refractivity contribution in [3.05, 3.63) is 66.0 Å². The van der Waals surface area contributed by atoms with Crippen molar-refractivity contribution in [3.63, 3.8) is 0 Å². The molecule has 27 heavy (non-hydrogen) atoms. The van der Waals surface area contributed by atoms with E-state index in [1.54, 1.807) is 29.4 Å². The Bertz CT molecular complexity index is 814. The molecular weight excluding hydrogens is 340 g/mol. The van der Waals surface area contributed by atoms with Crippen LogP contribution < -0.4 is 0 Å². The van der Waals surface area contributed by atoms with Crippen molar-refractivity contribution in [2.75, 3.05) is 13.1 Å². The van der Waals surface area contributed by atoms with Gasteiger partial charge in [-0.15, -0.1) is 6.42 Å². The monoisotopic (exact) mass is 362 g/mol. The number of pyridine rings is 1. The molecule has 0 N–H and O–H groups in total. The van der Waals surface area contributed by atoms with Gasteiger partial charge in [-0.1, -0.05) is 36.3 Å². The summed E-state index contributed by atoms with van der Waals surface area (Å²) in [5, 5.41) is 0. The SMILES string of the molecule is C#C[C@H](Cc1ccccc1)OC(=O)[C@@H]1CCCN(C(=O)c2ccncc2)C1. The van der Waals surface area contributed by atoms with Crippen LogP contribution in [-0.4, -0.2) is 41.0 Å². The zero-order valence-electron chi connectivity index (χ0n) is 15.1. The maximum absolute atomic E-state index is 12.6. The van der Waals surface area contributed by atoms with Crippen LogP contribution in [0.4, 0.5) is 0 Å². The number of esters is 1. The van der Waals surface area contributed by atoms with Gasteiger partial charge in [-0.05, 0) is 30.5 Å². The van der Waals surface area contributed by atoms with E-state index in [1.807, 2.05) is 30.3 Å². The summed E-state index contributed by atoms with van der Waals surface area (Å²) in [7, 11) is 0. The summed E-state index contributed by atoms with van der Waals surface area (Å²) in [6, 6.07) is 13.0. The molecule has 2 heterocycles. The average molecular weight is 362 g/mol. The van der Waals surface area contributed by atoms with Crippen LogP contribution in [0.25, 0.3) is 0 Å². The number of benzene rings is 1. The Balaban J connectivity index is 1.59. The van der Waals surface area contributed by atoms with Crippen molar-refractivity contribution in [2.45, 2.75) is 25.4 Å². The fourth-order valence-electron chi connectivity index (χ4n) is 3.23. The number of hydrogen-bond donors (Lipinski definition) is 0. The van der Waals surface area contributed by atoms with Gasteiger partial charge >= 0.3 is 5.97 Å². The standard InChI is InChI=1S/C22H22N2O3/c1-2-20(15-17-7-4-3-5-8-17)27-22(26)19-9-6-14-24(16-19)21(25)18-10-12-23-13-11-18/h1,3-5,7-8,10-13,19-20H,6,9,14-16H2/t19-,20-/m1/s1. The molecule has 0 bridgehead atoms. The van der Waals surface area contributed by atoms with Gasteiger partial charge < -0.3 is 9.64 Å². The van der Waals surface area contributed by atoms with Crippen molar-refractivity contribution < 1.29 is 14.3 Å². The summed E-state index contributed by atoms with van der Waals surface area (Å²) in [4.78, 5) is 30.8. The van der Waals surface area contributed by atoms with Crippen LogP contribution >= 0.6 is 0 Å². The Hall–Kier alpha value is -3.13. The number of rotatable bonds is 5. The maximum Gasteiger partial charge on any atom is 0.311 e. The van der Waals surface area contributed by atoms with Crippen molar-refractivity contribution in [1.29, 1.82) is 0 Å². The van der Waals surface area contributed by atoms with E-state index in [-0.39, 0.29) is 17.8 Å². The molecule has 1 aliphatic rings. The molecule has 5 heteroatoms. The summed E-state index contributed by atoms with van der Waals surface area (Å²) < 4.78 is 5.55. The fraction of sp³-hybridized carbons (Fsp3) is 0.318. The van der Waals surface area contributed by atoms with E-state index < -0.39 is 6.10 Å². The average Bonchev–Trinajstić information content (AvgIpc) is 2.74. The van der Waals surface area contributed by atoms with Crippen molar-refractivity contribution in [2.24, 2.45) is 5.92 Å². The highest BCUT2D eigenvalue weighted by molar-refractivity contribution is 5.94. The summed E-state index contributed by atoms with van der Waals surface area (Å²) in [6.45, 7) is 0.982. The highest BCUT2D eigenvalue weighted by Gasteiger charge is 2.31. The number of ether oxygens (including phenoxy) is 1. The number of carbonyl (C=O) groups is 2. The number of hydrogen-bond acceptors (Lipinski definition) is 4. The van der Waals surface area contributed by atoms with Gasteiger partial charge in [-0.2, -0.15) is 0 Å². The van der Waals surface area contributed by atoms with Gasteiger partial charge in [0.1, 0.15) is 0 Å². The molecule has 0 unspecified atom stereocenters. The van der Waals surface area contributed by atoms with Gasteiger partial charge in [0.15, 0.2) is 6.10 Å². The lowest BCUT2D eigenvalue weighted by atomic mass is 9.97. The first-order chi connectivity index (χ1) is 13.2. The number of carbonyl (C=O) groups excluding carboxylic acids is 2. The first kappa shape index (κ1) is 18.7. The highest BCUT2D eigenvalue weighted by Crippen LogP contribution is 2.21. The lowest BCUT2D eigenvalue weighted by molar-refractivity contribution is -0.152. The Labute approximate surface area is 159 Å². The van der Waals surface area contributed by atoms with Crippen LogP contribution in [0.2, 0.25) is 0 Å². The van der Waals surface area contributed by atoms with Gasteiger partial charge in [0.25, 0.3) is 5.91 Å². The largest absolute Gasteiger partial charge is 0.449 e. The minimum absolute atomic E-state index is 0.0901. The summed E-state index contributed by atoms with van der Waals surface area (Å²) in [5.41, 5.74) is 1.59. The third kappa shape index (κ3) is 4.95. The second-order valence-corrected chi connectivity index (χ2v) is 6.61. The summed E-state index contributed by atoms with van der Waals surface area (Å²) in [6.07, 6.45) is 10.1. The second kappa shape index (κ2) is 9.00. The molecule has 1 amide bonds. The molecule has 2 atom stereocenters. The number of amides is 1. The van der Waals surface area contributed by atoms with Crippen LogP contribution in [0.15, 0.2) is 54.9 Å². The third-order valence-corrected chi connectivity index (χ3v) is 4.68. The molecule has 0 aliphatic carbocycles. The normalized spacial score (nSPS) is 17.6. The highest BCUT2D eigenvalue weighted by atomic mass is 16.5. The molecule has 3 rings (SSSR count). The van der Waals surface area contributed by atoms with Crippen molar-refractivity contribution in [1.82, 2.24) is 9.88 Å². The molecule has 2 aromatic rings. The molecule has 138 valence electrons. The van der Waals surface area contributed by atoms with E-state index >= 15 is 0 Å². The molecule has 1 aliphatic heterocycles. The maximum atomic E-state index is 12.6. The Morgan fingerprint density at radius 2 is 1.96 bits per heavy atom.